The number of hydrogen-bond donors (Lipinski definition) is 2. The molecular weight excluding hydrogens is 388 g/mol. The second-order valence-electron chi connectivity index (χ2n) is 5.59. The molecule has 6 nitrogen and oxygen atoms in total. The van der Waals surface area contributed by atoms with Gasteiger partial charge in [-0.25, -0.2) is 0 Å². The summed E-state index contributed by atoms with van der Waals surface area (Å²) in [4.78, 5) is 35.9. The summed E-state index contributed by atoms with van der Waals surface area (Å²) in [5.74, 6) is -0.995. The van der Waals surface area contributed by atoms with Crippen LogP contribution in [0.15, 0.2) is 53.4 Å². The lowest BCUT2D eigenvalue weighted by molar-refractivity contribution is -0.152. The van der Waals surface area contributed by atoms with Crippen molar-refractivity contribution in [2.24, 2.45) is 5.73 Å². The molecule has 0 aliphatic carbocycles. The van der Waals surface area contributed by atoms with Gasteiger partial charge in [0.25, 0.3) is 5.91 Å². The van der Waals surface area contributed by atoms with E-state index in [-0.39, 0.29) is 6.42 Å². The Balaban J connectivity index is 1.77. The normalized spacial score (nSPS) is 11.5. The molecule has 0 saturated heterocycles. The molecule has 142 valence electrons. The van der Waals surface area contributed by atoms with Gasteiger partial charge in [0, 0.05) is 21.9 Å². The Morgan fingerprint density at radius 3 is 2.44 bits per heavy atom. The van der Waals surface area contributed by atoms with Crippen LogP contribution in [0, 0.1) is 0 Å². The number of amides is 2. The zero-order valence-electron chi connectivity index (χ0n) is 14.6. The molecule has 0 saturated carbocycles. The number of anilines is 1. The van der Waals surface area contributed by atoms with Gasteiger partial charge in [-0.05, 0) is 43.3 Å². The molecule has 0 aliphatic heterocycles. The van der Waals surface area contributed by atoms with E-state index in [2.05, 4.69) is 5.32 Å². The van der Waals surface area contributed by atoms with Gasteiger partial charge in [0.2, 0.25) is 5.91 Å². The summed E-state index contributed by atoms with van der Waals surface area (Å²) >= 11 is 7.50. The van der Waals surface area contributed by atoms with Gasteiger partial charge in [-0.1, -0.05) is 23.7 Å². The predicted octanol–water partition coefficient (Wildman–Crippen LogP) is 3.49. The molecule has 0 spiro atoms. The number of thioether (sulfide) groups is 1. The molecule has 0 radical (unpaired) electrons. The first-order valence-corrected chi connectivity index (χ1v) is 9.50. The number of primary amides is 1. The van der Waals surface area contributed by atoms with E-state index in [1.165, 1.54) is 30.8 Å². The standard InChI is InChI=1S/C19H19ClN2O4S/c1-12(19(25)22-14-8-6-13(7-9-14)18(21)24)26-17(23)10-11-27-16-5-3-2-4-15(16)20/h2-9,12H,10-11H2,1H3,(H2,21,24)(H,22,25). The first kappa shape index (κ1) is 20.8. The maximum Gasteiger partial charge on any atom is 0.307 e. The van der Waals surface area contributed by atoms with E-state index in [1.54, 1.807) is 18.2 Å². The molecule has 1 atom stereocenters. The topological polar surface area (TPSA) is 98.5 Å². The Labute approximate surface area is 166 Å². The van der Waals surface area contributed by atoms with Crippen molar-refractivity contribution in [2.75, 3.05) is 11.1 Å². The molecule has 2 rings (SSSR count). The van der Waals surface area contributed by atoms with Crippen LogP contribution in [0.5, 0.6) is 0 Å². The molecule has 0 aliphatic rings. The van der Waals surface area contributed by atoms with Crippen molar-refractivity contribution in [3.63, 3.8) is 0 Å². The summed E-state index contributed by atoms with van der Waals surface area (Å²) in [6, 6.07) is 13.5. The van der Waals surface area contributed by atoms with Gasteiger partial charge in [-0.15, -0.1) is 11.8 Å². The summed E-state index contributed by atoms with van der Waals surface area (Å²) in [5, 5.41) is 3.24. The lowest BCUT2D eigenvalue weighted by Gasteiger charge is -2.13. The minimum atomic E-state index is -0.946. The summed E-state index contributed by atoms with van der Waals surface area (Å²) in [6.07, 6.45) is -0.792. The molecule has 27 heavy (non-hydrogen) atoms. The van der Waals surface area contributed by atoms with Gasteiger partial charge in [-0.3, -0.25) is 14.4 Å². The summed E-state index contributed by atoms with van der Waals surface area (Å²) in [6.45, 7) is 1.49. The van der Waals surface area contributed by atoms with Gasteiger partial charge < -0.3 is 15.8 Å². The molecule has 3 N–H and O–H groups in total. The number of carbonyl (C=O) groups excluding carboxylic acids is 3. The third kappa shape index (κ3) is 6.62. The highest BCUT2D eigenvalue weighted by Crippen LogP contribution is 2.27. The molecule has 2 aromatic carbocycles. The number of benzene rings is 2. The van der Waals surface area contributed by atoms with Crippen molar-refractivity contribution in [3.8, 4) is 0 Å². The van der Waals surface area contributed by atoms with E-state index < -0.39 is 23.9 Å². The van der Waals surface area contributed by atoms with Crippen LogP contribution in [0.4, 0.5) is 5.69 Å². The molecule has 0 aromatic heterocycles. The Hall–Kier alpha value is -2.51. The highest BCUT2D eigenvalue weighted by molar-refractivity contribution is 7.99. The van der Waals surface area contributed by atoms with Crippen molar-refractivity contribution < 1.29 is 19.1 Å². The Bertz CT molecular complexity index is 827. The van der Waals surface area contributed by atoms with Gasteiger partial charge >= 0.3 is 5.97 Å². The van der Waals surface area contributed by atoms with E-state index in [0.717, 1.165) is 4.90 Å². The third-order valence-electron chi connectivity index (χ3n) is 3.51. The van der Waals surface area contributed by atoms with Crippen molar-refractivity contribution >= 4 is 46.8 Å². The fourth-order valence-electron chi connectivity index (χ4n) is 2.08. The van der Waals surface area contributed by atoms with Crippen LogP contribution < -0.4 is 11.1 Å². The fourth-order valence-corrected chi connectivity index (χ4v) is 3.25. The van der Waals surface area contributed by atoms with E-state index in [4.69, 9.17) is 22.1 Å². The van der Waals surface area contributed by atoms with Crippen LogP contribution in [0.3, 0.4) is 0 Å². The smallest absolute Gasteiger partial charge is 0.307 e. The minimum Gasteiger partial charge on any atom is -0.453 e. The van der Waals surface area contributed by atoms with Crippen LogP contribution in [-0.4, -0.2) is 29.6 Å². The van der Waals surface area contributed by atoms with Gasteiger partial charge in [-0.2, -0.15) is 0 Å². The van der Waals surface area contributed by atoms with Crippen LogP contribution in [-0.2, 0) is 14.3 Å². The highest BCUT2D eigenvalue weighted by atomic mass is 35.5. The summed E-state index contributed by atoms with van der Waals surface area (Å²) in [5.41, 5.74) is 5.97. The zero-order chi connectivity index (χ0) is 19.8. The average molecular weight is 407 g/mol. The number of halogens is 1. The molecule has 0 heterocycles. The van der Waals surface area contributed by atoms with E-state index in [1.807, 2.05) is 18.2 Å². The maximum atomic E-state index is 12.1. The van der Waals surface area contributed by atoms with Crippen molar-refractivity contribution in [2.45, 2.75) is 24.3 Å². The molecule has 8 heteroatoms. The van der Waals surface area contributed by atoms with Gasteiger partial charge in [0.1, 0.15) is 0 Å². The van der Waals surface area contributed by atoms with Crippen LogP contribution in [0.25, 0.3) is 0 Å². The van der Waals surface area contributed by atoms with Crippen LogP contribution in [0.2, 0.25) is 5.02 Å². The molecular formula is C19H19ClN2O4S. The lowest BCUT2D eigenvalue weighted by atomic mass is 10.2. The summed E-state index contributed by atoms with van der Waals surface area (Å²) in [7, 11) is 0. The first-order chi connectivity index (χ1) is 12.9. The highest BCUT2D eigenvalue weighted by Gasteiger charge is 2.18. The number of ether oxygens (including phenoxy) is 1. The molecule has 2 aromatic rings. The maximum absolute atomic E-state index is 12.1. The lowest BCUT2D eigenvalue weighted by Crippen LogP contribution is -2.30. The van der Waals surface area contributed by atoms with Crippen molar-refractivity contribution in [1.82, 2.24) is 0 Å². The number of hydrogen-bond acceptors (Lipinski definition) is 5. The van der Waals surface area contributed by atoms with Crippen molar-refractivity contribution in [1.29, 1.82) is 0 Å². The van der Waals surface area contributed by atoms with E-state index >= 15 is 0 Å². The Morgan fingerprint density at radius 1 is 1.15 bits per heavy atom. The third-order valence-corrected chi connectivity index (χ3v) is 5.03. The largest absolute Gasteiger partial charge is 0.453 e. The molecule has 2 amide bonds. The molecule has 1 unspecified atom stereocenters. The monoisotopic (exact) mass is 406 g/mol. The SMILES string of the molecule is CC(OC(=O)CCSc1ccccc1Cl)C(=O)Nc1ccc(C(N)=O)cc1. The number of carbonyl (C=O) groups is 3. The van der Waals surface area contributed by atoms with Crippen LogP contribution >= 0.6 is 23.4 Å². The molecule has 0 bridgehead atoms. The van der Waals surface area contributed by atoms with E-state index in [9.17, 15) is 14.4 Å². The summed E-state index contributed by atoms with van der Waals surface area (Å²) < 4.78 is 5.14. The number of nitrogens with one attached hydrogen (secondary N) is 1. The van der Waals surface area contributed by atoms with Gasteiger partial charge in [0.05, 0.1) is 11.4 Å². The average Bonchev–Trinajstić information content (AvgIpc) is 2.63. The number of nitrogens with two attached hydrogens (primary N) is 1. The number of esters is 1. The molecule has 0 fully saturated rings. The minimum absolute atomic E-state index is 0.154. The quantitative estimate of drug-likeness (QED) is 0.516. The second kappa shape index (κ2) is 9.99. The second-order valence-corrected chi connectivity index (χ2v) is 7.14. The Kier molecular flexibility index (Phi) is 7.69. The predicted molar refractivity (Wildman–Crippen MR) is 106 cm³/mol. The zero-order valence-corrected chi connectivity index (χ0v) is 16.2. The van der Waals surface area contributed by atoms with E-state index in [0.29, 0.717) is 22.0 Å². The van der Waals surface area contributed by atoms with Gasteiger partial charge in [0.15, 0.2) is 6.10 Å². The first-order valence-electron chi connectivity index (χ1n) is 8.14. The Morgan fingerprint density at radius 2 is 1.81 bits per heavy atom. The number of rotatable bonds is 8. The van der Waals surface area contributed by atoms with Crippen molar-refractivity contribution in [3.05, 3.63) is 59.1 Å². The fraction of sp³-hybridized carbons (Fsp3) is 0.211. The van der Waals surface area contributed by atoms with Crippen LogP contribution in [0.1, 0.15) is 23.7 Å².